The maximum Gasteiger partial charge on any atom is 0.319 e. The first kappa shape index (κ1) is 14.2. The lowest BCUT2D eigenvalue weighted by molar-refractivity contribution is -0.382. The topological polar surface area (TPSA) is 85.3 Å². The molecule has 6 nitrogen and oxygen atoms in total. The Hall–Kier alpha value is -1.73. The number of nitro groups is 1. The zero-order valence-electron chi connectivity index (χ0n) is 11.9. The van der Waals surface area contributed by atoms with E-state index in [-0.39, 0.29) is 22.7 Å². The monoisotopic (exact) mass is 306 g/mol. The summed E-state index contributed by atoms with van der Waals surface area (Å²) in [5, 5.41) is 11.6. The van der Waals surface area contributed by atoms with E-state index in [2.05, 4.69) is 16.8 Å². The maximum atomic E-state index is 11.6. The van der Waals surface area contributed by atoms with Crippen LogP contribution in [0.15, 0.2) is 17.6 Å². The predicted molar refractivity (Wildman–Crippen MR) is 84.9 cm³/mol. The van der Waals surface area contributed by atoms with Gasteiger partial charge in [-0.25, -0.2) is 4.98 Å². The normalized spacial score (nSPS) is 22.7. The standard InChI is InChI=1S/C14H18N4O2S/c1-9-3-2-4-10(7-15)17(9)11-5-6-12-13(16-8-21-12)14(11)18(19)20/h5-6,8-10H,2-4,7,15H2,1H3. The highest BCUT2D eigenvalue weighted by Gasteiger charge is 2.33. The Kier molecular flexibility index (Phi) is 3.77. The molecule has 112 valence electrons. The molecule has 1 fully saturated rings. The molecule has 0 amide bonds. The van der Waals surface area contributed by atoms with Crippen molar-refractivity contribution in [1.82, 2.24) is 4.98 Å². The number of thiazole rings is 1. The Balaban J connectivity index is 2.18. The van der Waals surface area contributed by atoms with Crippen molar-refractivity contribution < 1.29 is 4.92 Å². The number of hydrogen-bond donors (Lipinski definition) is 1. The first-order valence-electron chi connectivity index (χ1n) is 7.12. The van der Waals surface area contributed by atoms with Crippen molar-refractivity contribution in [2.24, 2.45) is 5.73 Å². The Morgan fingerprint density at radius 2 is 2.33 bits per heavy atom. The van der Waals surface area contributed by atoms with Gasteiger partial charge in [0.25, 0.3) is 0 Å². The molecule has 0 bridgehead atoms. The van der Waals surface area contributed by atoms with E-state index in [9.17, 15) is 10.1 Å². The summed E-state index contributed by atoms with van der Waals surface area (Å²) in [6.07, 6.45) is 3.13. The largest absolute Gasteiger partial charge is 0.359 e. The molecule has 1 aromatic heterocycles. The second kappa shape index (κ2) is 5.57. The second-order valence-electron chi connectivity index (χ2n) is 5.47. The van der Waals surface area contributed by atoms with Crippen LogP contribution in [0.4, 0.5) is 11.4 Å². The number of nitrogens with two attached hydrogens (primary N) is 1. The Labute approximate surface area is 126 Å². The van der Waals surface area contributed by atoms with Gasteiger partial charge in [-0.2, -0.15) is 0 Å². The molecule has 0 spiro atoms. The average molecular weight is 306 g/mol. The smallest absolute Gasteiger partial charge is 0.319 e. The van der Waals surface area contributed by atoms with Gasteiger partial charge < -0.3 is 10.6 Å². The van der Waals surface area contributed by atoms with E-state index in [1.807, 2.05) is 12.1 Å². The fraction of sp³-hybridized carbons (Fsp3) is 0.500. The summed E-state index contributed by atoms with van der Waals surface area (Å²) in [6, 6.07) is 4.18. The number of aromatic nitrogens is 1. The molecule has 1 aliphatic rings. The number of piperidine rings is 1. The molecule has 1 saturated heterocycles. The van der Waals surface area contributed by atoms with Crippen LogP contribution in [0.2, 0.25) is 0 Å². The number of benzene rings is 1. The van der Waals surface area contributed by atoms with E-state index in [4.69, 9.17) is 5.73 Å². The molecular formula is C14H18N4O2S. The molecule has 7 heteroatoms. The van der Waals surface area contributed by atoms with E-state index in [0.717, 1.165) is 24.0 Å². The van der Waals surface area contributed by atoms with E-state index in [1.165, 1.54) is 11.3 Å². The lowest BCUT2D eigenvalue weighted by Crippen LogP contribution is -2.49. The number of anilines is 1. The minimum atomic E-state index is -0.313. The fourth-order valence-electron chi connectivity index (χ4n) is 3.25. The minimum absolute atomic E-state index is 0.112. The van der Waals surface area contributed by atoms with Crippen molar-refractivity contribution in [1.29, 1.82) is 0 Å². The summed E-state index contributed by atoms with van der Waals surface area (Å²) in [7, 11) is 0. The molecule has 3 rings (SSSR count). The van der Waals surface area contributed by atoms with Crippen LogP contribution in [0, 0.1) is 10.1 Å². The molecule has 1 aromatic carbocycles. The van der Waals surface area contributed by atoms with Gasteiger partial charge in [0.2, 0.25) is 0 Å². The van der Waals surface area contributed by atoms with Gasteiger partial charge in [0.05, 0.1) is 15.1 Å². The van der Waals surface area contributed by atoms with Crippen molar-refractivity contribution in [3.8, 4) is 0 Å². The third-order valence-electron chi connectivity index (χ3n) is 4.21. The number of fused-ring (bicyclic) bond motifs is 1. The summed E-state index contributed by atoms with van der Waals surface area (Å²) < 4.78 is 0.847. The highest BCUT2D eigenvalue weighted by molar-refractivity contribution is 7.16. The van der Waals surface area contributed by atoms with Gasteiger partial charge in [-0.05, 0) is 38.3 Å². The van der Waals surface area contributed by atoms with Crippen LogP contribution >= 0.6 is 11.3 Å². The van der Waals surface area contributed by atoms with Gasteiger partial charge in [0.15, 0.2) is 5.52 Å². The Bertz CT molecular complexity index is 672. The molecule has 21 heavy (non-hydrogen) atoms. The maximum absolute atomic E-state index is 11.6. The third kappa shape index (κ3) is 2.36. The molecule has 0 radical (unpaired) electrons. The Morgan fingerprint density at radius 1 is 1.52 bits per heavy atom. The zero-order valence-corrected chi connectivity index (χ0v) is 12.7. The summed E-state index contributed by atoms with van der Waals surface area (Å²) in [4.78, 5) is 17.6. The quantitative estimate of drug-likeness (QED) is 0.696. The number of hydrogen-bond acceptors (Lipinski definition) is 6. The van der Waals surface area contributed by atoms with Gasteiger partial charge in [-0.15, -0.1) is 11.3 Å². The molecule has 2 atom stereocenters. The molecule has 1 aliphatic heterocycles. The van der Waals surface area contributed by atoms with Crippen molar-refractivity contribution in [3.05, 3.63) is 27.8 Å². The van der Waals surface area contributed by atoms with Crippen LogP contribution in [0.5, 0.6) is 0 Å². The summed E-state index contributed by atoms with van der Waals surface area (Å²) >= 11 is 1.42. The van der Waals surface area contributed by atoms with Crippen LogP contribution in [0.3, 0.4) is 0 Å². The molecule has 2 heterocycles. The highest BCUT2D eigenvalue weighted by atomic mass is 32.1. The van der Waals surface area contributed by atoms with Crippen molar-refractivity contribution >= 4 is 32.9 Å². The van der Waals surface area contributed by atoms with E-state index in [0.29, 0.717) is 17.7 Å². The van der Waals surface area contributed by atoms with E-state index < -0.39 is 0 Å². The lowest BCUT2D eigenvalue weighted by Gasteiger charge is -2.41. The van der Waals surface area contributed by atoms with Gasteiger partial charge in [-0.1, -0.05) is 0 Å². The van der Waals surface area contributed by atoms with Crippen LogP contribution in [0.25, 0.3) is 10.2 Å². The zero-order chi connectivity index (χ0) is 15.0. The fourth-order valence-corrected chi connectivity index (χ4v) is 3.93. The van der Waals surface area contributed by atoms with E-state index in [1.54, 1.807) is 5.51 Å². The van der Waals surface area contributed by atoms with Crippen molar-refractivity contribution in [3.63, 3.8) is 0 Å². The van der Waals surface area contributed by atoms with Crippen LogP contribution < -0.4 is 10.6 Å². The summed E-state index contributed by atoms with van der Waals surface area (Å²) in [6.45, 7) is 2.62. The molecule has 2 aromatic rings. The molecular weight excluding hydrogens is 288 g/mol. The Morgan fingerprint density at radius 3 is 3.05 bits per heavy atom. The van der Waals surface area contributed by atoms with Gasteiger partial charge in [-0.3, -0.25) is 10.1 Å². The third-order valence-corrected chi connectivity index (χ3v) is 5.01. The lowest BCUT2D eigenvalue weighted by atomic mass is 9.95. The molecule has 0 aliphatic carbocycles. The van der Waals surface area contributed by atoms with Crippen molar-refractivity contribution in [2.45, 2.75) is 38.3 Å². The number of rotatable bonds is 3. The van der Waals surface area contributed by atoms with Crippen molar-refractivity contribution in [2.75, 3.05) is 11.4 Å². The number of nitro benzene ring substituents is 1. The molecule has 2 unspecified atom stereocenters. The average Bonchev–Trinajstić information content (AvgIpc) is 2.93. The second-order valence-corrected chi connectivity index (χ2v) is 6.35. The minimum Gasteiger partial charge on any atom is -0.359 e. The van der Waals surface area contributed by atoms with Gasteiger partial charge in [0.1, 0.15) is 5.69 Å². The van der Waals surface area contributed by atoms with Gasteiger partial charge in [0, 0.05) is 18.6 Å². The molecule has 0 saturated carbocycles. The molecule has 2 N–H and O–H groups in total. The van der Waals surface area contributed by atoms with Crippen LogP contribution in [0.1, 0.15) is 26.2 Å². The SMILES string of the molecule is CC1CCCC(CN)N1c1ccc2scnc2c1[N+](=O)[O-]. The first-order valence-corrected chi connectivity index (χ1v) is 8.00. The highest BCUT2D eigenvalue weighted by Crippen LogP contribution is 2.40. The van der Waals surface area contributed by atoms with Crippen LogP contribution in [-0.2, 0) is 0 Å². The van der Waals surface area contributed by atoms with Gasteiger partial charge >= 0.3 is 5.69 Å². The number of nitrogens with zero attached hydrogens (tertiary/aromatic N) is 3. The summed E-state index contributed by atoms with van der Waals surface area (Å²) in [5.74, 6) is 0. The first-order chi connectivity index (χ1) is 10.1. The summed E-state index contributed by atoms with van der Waals surface area (Å²) in [5.41, 5.74) is 8.79. The van der Waals surface area contributed by atoms with E-state index >= 15 is 0 Å². The van der Waals surface area contributed by atoms with Crippen LogP contribution in [-0.4, -0.2) is 28.5 Å². The predicted octanol–water partition coefficient (Wildman–Crippen LogP) is 2.91.